The molecular weight excluding hydrogens is 565 g/mol. The van der Waals surface area contributed by atoms with E-state index in [0.29, 0.717) is 41.0 Å². The Morgan fingerprint density at radius 1 is 0.927 bits per heavy atom. The molecule has 0 aliphatic carbocycles. The third kappa shape index (κ3) is 6.04. The van der Waals surface area contributed by atoms with Gasteiger partial charge in [0.15, 0.2) is 0 Å². The summed E-state index contributed by atoms with van der Waals surface area (Å²) in [5, 5.41) is 8.74. The fourth-order valence-electron chi connectivity index (χ4n) is 7.47. The largest absolute Gasteiger partial charge is 0.511 e. The van der Waals surface area contributed by atoms with Crippen molar-refractivity contribution in [2.45, 2.75) is 101 Å². The number of halogens is 5. The summed E-state index contributed by atoms with van der Waals surface area (Å²) in [5.41, 5.74) is -4.87. The first kappa shape index (κ1) is 30.3. The SMILES string of the molecule is Cc1nnc(C(C)C)n1C1CC2CCC(C1)N2CC[C@@H](c1cc(F)cc(F)c1)C1CCN(S(=O)(=O)C(F)(F)F)CC1. The van der Waals surface area contributed by atoms with E-state index in [9.17, 15) is 30.4 Å². The van der Waals surface area contributed by atoms with E-state index in [1.54, 1.807) is 0 Å². The summed E-state index contributed by atoms with van der Waals surface area (Å²) in [7, 11) is -5.40. The molecule has 3 fully saturated rings. The van der Waals surface area contributed by atoms with Crippen LogP contribution in [-0.2, 0) is 10.0 Å². The Morgan fingerprint density at radius 3 is 2.05 bits per heavy atom. The minimum absolute atomic E-state index is 0.192. The number of hydrogen-bond acceptors (Lipinski definition) is 5. The molecule has 3 aliphatic heterocycles. The molecule has 228 valence electrons. The highest BCUT2D eigenvalue weighted by molar-refractivity contribution is 7.90. The van der Waals surface area contributed by atoms with Crippen LogP contribution in [0.25, 0.3) is 0 Å². The molecule has 4 heterocycles. The molecule has 1 aromatic carbocycles. The molecule has 13 heteroatoms. The molecular formula is C28H38F5N5O2S. The lowest BCUT2D eigenvalue weighted by atomic mass is 9.78. The molecule has 0 amide bonds. The maximum Gasteiger partial charge on any atom is 0.511 e. The minimum Gasteiger partial charge on any atom is -0.312 e. The second kappa shape index (κ2) is 11.5. The fourth-order valence-corrected chi connectivity index (χ4v) is 8.45. The molecule has 0 radical (unpaired) electrons. The molecule has 7 nitrogen and oxygen atoms in total. The van der Waals surface area contributed by atoms with Gasteiger partial charge < -0.3 is 4.57 Å². The summed E-state index contributed by atoms with van der Waals surface area (Å²) in [6.45, 7) is 6.37. The van der Waals surface area contributed by atoms with Crippen molar-refractivity contribution in [2.75, 3.05) is 19.6 Å². The van der Waals surface area contributed by atoms with Gasteiger partial charge in [-0.05, 0) is 87.9 Å². The molecule has 2 unspecified atom stereocenters. The number of fused-ring (bicyclic) bond motifs is 2. The van der Waals surface area contributed by atoms with Gasteiger partial charge in [0.05, 0.1) is 0 Å². The summed E-state index contributed by atoms with van der Waals surface area (Å²) in [5.74, 6) is 0.268. The van der Waals surface area contributed by atoms with E-state index < -0.39 is 27.2 Å². The molecule has 0 saturated carbocycles. The van der Waals surface area contributed by atoms with Gasteiger partial charge >= 0.3 is 15.5 Å². The zero-order valence-electron chi connectivity index (χ0n) is 23.6. The Balaban J connectivity index is 1.31. The van der Waals surface area contributed by atoms with Crippen LogP contribution in [0.5, 0.6) is 0 Å². The average molecular weight is 604 g/mol. The highest BCUT2D eigenvalue weighted by Crippen LogP contribution is 2.44. The van der Waals surface area contributed by atoms with Crippen LogP contribution in [0.1, 0.15) is 93.9 Å². The average Bonchev–Trinajstić information content (AvgIpc) is 3.38. The molecule has 3 aliphatic rings. The predicted octanol–water partition coefficient (Wildman–Crippen LogP) is 5.89. The Hall–Kier alpha value is -2.12. The van der Waals surface area contributed by atoms with E-state index in [0.717, 1.165) is 43.4 Å². The van der Waals surface area contributed by atoms with Gasteiger partial charge in [0.2, 0.25) is 0 Å². The van der Waals surface area contributed by atoms with Gasteiger partial charge in [0.1, 0.15) is 23.3 Å². The van der Waals surface area contributed by atoms with Crippen LogP contribution in [0.15, 0.2) is 18.2 Å². The van der Waals surface area contributed by atoms with Crippen LogP contribution in [-0.4, -0.2) is 69.6 Å². The topological polar surface area (TPSA) is 71.3 Å². The first-order valence-corrected chi connectivity index (χ1v) is 15.9. The van der Waals surface area contributed by atoms with E-state index in [2.05, 4.69) is 33.5 Å². The summed E-state index contributed by atoms with van der Waals surface area (Å²) in [6, 6.07) is 4.42. The Labute approximate surface area is 238 Å². The zero-order valence-corrected chi connectivity index (χ0v) is 24.4. The minimum atomic E-state index is -5.40. The molecule has 2 bridgehead atoms. The summed E-state index contributed by atoms with van der Waals surface area (Å²) in [6.07, 6.45) is 5.01. The van der Waals surface area contributed by atoms with Crippen molar-refractivity contribution in [2.24, 2.45) is 5.92 Å². The van der Waals surface area contributed by atoms with Crippen molar-refractivity contribution >= 4 is 10.0 Å². The van der Waals surface area contributed by atoms with Crippen molar-refractivity contribution in [3.8, 4) is 0 Å². The Kier molecular flexibility index (Phi) is 8.52. The normalized spacial score (nSPS) is 25.7. The number of hydrogen-bond donors (Lipinski definition) is 0. The van der Waals surface area contributed by atoms with Gasteiger partial charge in [-0.2, -0.15) is 17.5 Å². The van der Waals surface area contributed by atoms with Gasteiger partial charge in [0, 0.05) is 43.2 Å². The number of alkyl halides is 3. The first-order valence-electron chi connectivity index (χ1n) is 14.5. The van der Waals surface area contributed by atoms with Crippen molar-refractivity contribution in [1.29, 1.82) is 0 Å². The number of aromatic nitrogens is 3. The van der Waals surface area contributed by atoms with Crippen LogP contribution < -0.4 is 0 Å². The van der Waals surface area contributed by atoms with Gasteiger partial charge in [-0.3, -0.25) is 4.90 Å². The van der Waals surface area contributed by atoms with Gasteiger partial charge in [-0.15, -0.1) is 10.2 Å². The van der Waals surface area contributed by atoms with Gasteiger partial charge in [-0.1, -0.05) is 13.8 Å². The molecule has 0 spiro atoms. The van der Waals surface area contributed by atoms with E-state index in [4.69, 9.17) is 0 Å². The second-order valence-corrected chi connectivity index (χ2v) is 14.1. The third-order valence-electron chi connectivity index (χ3n) is 9.35. The Morgan fingerprint density at radius 2 is 1.51 bits per heavy atom. The molecule has 3 atom stereocenters. The lowest BCUT2D eigenvalue weighted by Crippen LogP contribution is -2.46. The summed E-state index contributed by atoms with van der Waals surface area (Å²) < 4.78 is 94.5. The molecule has 5 rings (SSSR count). The number of rotatable bonds is 8. The maximum atomic E-state index is 14.3. The third-order valence-corrected chi connectivity index (χ3v) is 11.0. The van der Waals surface area contributed by atoms with E-state index >= 15 is 0 Å². The quantitative estimate of drug-likeness (QED) is 0.352. The molecule has 1 aromatic heterocycles. The fraction of sp³-hybridized carbons (Fsp3) is 0.714. The smallest absolute Gasteiger partial charge is 0.312 e. The predicted molar refractivity (Wildman–Crippen MR) is 144 cm³/mol. The van der Waals surface area contributed by atoms with E-state index in [-0.39, 0.29) is 43.7 Å². The monoisotopic (exact) mass is 603 g/mol. The Bertz CT molecular complexity index is 1310. The van der Waals surface area contributed by atoms with Crippen LogP contribution in [0, 0.1) is 24.5 Å². The molecule has 0 N–H and O–H groups in total. The van der Waals surface area contributed by atoms with Gasteiger partial charge in [0.25, 0.3) is 0 Å². The van der Waals surface area contributed by atoms with Crippen LogP contribution in [0.4, 0.5) is 22.0 Å². The highest BCUT2D eigenvalue weighted by Gasteiger charge is 2.51. The summed E-state index contributed by atoms with van der Waals surface area (Å²) in [4.78, 5) is 2.50. The standard InChI is InChI=1S/C28H38F5N5O2S/c1-17(2)27-35-34-18(3)38(27)25-15-23-4-5-24(16-25)37(23)11-8-26(20-12-21(29)14-22(30)13-20)19-6-9-36(10-7-19)41(39,40)28(31,32)33/h12-14,17,19,23-26H,4-11,15-16H2,1-3H3/t23?,24?,25?,26-/m1/s1. The molecule has 3 saturated heterocycles. The van der Waals surface area contributed by atoms with Crippen LogP contribution in [0.2, 0.25) is 0 Å². The van der Waals surface area contributed by atoms with Crippen molar-refractivity contribution < 1.29 is 30.4 Å². The number of piperidine rings is 2. The van der Waals surface area contributed by atoms with Crippen LogP contribution in [0.3, 0.4) is 0 Å². The van der Waals surface area contributed by atoms with Crippen LogP contribution >= 0.6 is 0 Å². The number of nitrogens with zero attached hydrogens (tertiary/aromatic N) is 5. The summed E-state index contributed by atoms with van der Waals surface area (Å²) >= 11 is 0. The lowest BCUT2D eigenvalue weighted by molar-refractivity contribution is -0.0497. The van der Waals surface area contributed by atoms with Gasteiger partial charge in [-0.25, -0.2) is 17.2 Å². The number of aryl methyl sites for hydroxylation is 1. The maximum absolute atomic E-state index is 14.3. The van der Waals surface area contributed by atoms with Crippen molar-refractivity contribution in [3.05, 3.63) is 47.0 Å². The van der Waals surface area contributed by atoms with E-state index in [1.165, 1.54) is 12.1 Å². The lowest BCUT2D eigenvalue weighted by Gasteiger charge is -2.42. The molecule has 41 heavy (non-hydrogen) atoms. The number of sulfonamides is 1. The van der Waals surface area contributed by atoms with Crippen molar-refractivity contribution in [1.82, 2.24) is 24.0 Å². The second-order valence-electron chi connectivity index (χ2n) is 12.2. The van der Waals surface area contributed by atoms with Crippen molar-refractivity contribution in [3.63, 3.8) is 0 Å². The van der Waals surface area contributed by atoms with E-state index in [1.807, 2.05) is 6.92 Å². The molecule has 2 aromatic rings. The number of benzene rings is 1. The zero-order chi connectivity index (χ0) is 29.7. The first-order chi connectivity index (χ1) is 19.3. The highest BCUT2D eigenvalue weighted by atomic mass is 32.2.